The molecule has 0 aliphatic carbocycles. The van der Waals surface area contributed by atoms with Crippen molar-refractivity contribution in [1.82, 2.24) is 0 Å². The van der Waals surface area contributed by atoms with E-state index in [9.17, 15) is 4.79 Å². The summed E-state index contributed by atoms with van der Waals surface area (Å²) in [5.74, 6) is -0.312. The van der Waals surface area contributed by atoms with Crippen LogP contribution in [0.5, 0.6) is 0 Å². The summed E-state index contributed by atoms with van der Waals surface area (Å²) in [6.07, 6.45) is 3.33. The first-order valence-electron chi connectivity index (χ1n) is 5.35. The van der Waals surface area contributed by atoms with Gasteiger partial charge < -0.3 is 11.5 Å². The third-order valence-electron chi connectivity index (χ3n) is 2.45. The maximum Gasteiger partial charge on any atom is 0.244 e. The molecule has 0 aromatic heterocycles. The van der Waals surface area contributed by atoms with Crippen LogP contribution in [0.3, 0.4) is 0 Å². The van der Waals surface area contributed by atoms with Crippen LogP contribution in [-0.4, -0.2) is 11.9 Å². The third-order valence-corrected chi connectivity index (χ3v) is 2.45. The summed E-state index contributed by atoms with van der Waals surface area (Å²) in [7, 11) is 0. The first-order chi connectivity index (χ1) is 6.58. The van der Waals surface area contributed by atoms with Crippen molar-refractivity contribution in [2.45, 2.75) is 52.5 Å². The monoisotopic (exact) mass is 198 g/mol. The molecular weight excluding hydrogens is 176 g/mol. The van der Waals surface area contributed by atoms with Gasteiger partial charge in [-0.1, -0.05) is 27.2 Å². The van der Waals surface area contributed by atoms with Crippen molar-refractivity contribution in [2.24, 2.45) is 11.5 Å². The number of hydrogen-bond donors (Lipinski definition) is 2. The van der Waals surface area contributed by atoms with E-state index < -0.39 is 0 Å². The maximum atomic E-state index is 11.2. The Morgan fingerprint density at radius 1 is 1.29 bits per heavy atom. The Morgan fingerprint density at radius 2 is 1.86 bits per heavy atom. The summed E-state index contributed by atoms with van der Waals surface area (Å²) in [5, 5.41) is 0. The van der Waals surface area contributed by atoms with E-state index in [1.807, 2.05) is 20.8 Å². The predicted octanol–water partition coefficient (Wildman–Crippen LogP) is 1.72. The van der Waals surface area contributed by atoms with E-state index in [1.165, 1.54) is 0 Å². The fraction of sp³-hybridized carbons (Fsp3) is 0.727. The van der Waals surface area contributed by atoms with Gasteiger partial charge in [0.1, 0.15) is 0 Å². The van der Waals surface area contributed by atoms with E-state index in [0.717, 1.165) is 36.8 Å². The highest BCUT2D eigenvalue weighted by molar-refractivity contribution is 5.92. The minimum atomic E-state index is -0.312. The Bertz CT molecular complexity index is 221. The first-order valence-corrected chi connectivity index (χ1v) is 5.35. The number of hydrogen-bond acceptors (Lipinski definition) is 2. The number of carbonyl (C=O) groups is 1. The van der Waals surface area contributed by atoms with Gasteiger partial charge in [0.05, 0.1) is 0 Å². The molecule has 0 saturated carbocycles. The highest BCUT2D eigenvalue weighted by Gasteiger charge is 2.14. The molecule has 0 radical (unpaired) electrons. The lowest BCUT2D eigenvalue weighted by Gasteiger charge is -2.16. The number of amides is 1. The van der Waals surface area contributed by atoms with Gasteiger partial charge in [0.2, 0.25) is 5.91 Å². The van der Waals surface area contributed by atoms with E-state index in [0.29, 0.717) is 0 Å². The Labute approximate surface area is 86.5 Å². The van der Waals surface area contributed by atoms with Crippen LogP contribution in [0.4, 0.5) is 0 Å². The molecule has 3 heteroatoms. The quantitative estimate of drug-likeness (QED) is 0.638. The summed E-state index contributed by atoms with van der Waals surface area (Å²) in [6.45, 7) is 6.07. The standard InChI is InChI=1S/C11H22N2O/c1-4-7-9(11(13)14)8(5-2)10(12)6-3/h10H,4-7,12H2,1-3H3,(H2,13,14)/b9-8-. The van der Waals surface area contributed by atoms with E-state index >= 15 is 0 Å². The summed E-state index contributed by atoms with van der Waals surface area (Å²) in [6, 6.07) is -0.0194. The Balaban J connectivity index is 4.96. The predicted molar refractivity (Wildman–Crippen MR) is 59.7 cm³/mol. The van der Waals surface area contributed by atoms with Crippen molar-refractivity contribution in [1.29, 1.82) is 0 Å². The lowest BCUT2D eigenvalue weighted by atomic mass is 9.94. The van der Waals surface area contributed by atoms with Crippen molar-refractivity contribution < 1.29 is 4.79 Å². The zero-order valence-electron chi connectivity index (χ0n) is 9.47. The molecule has 1 unspecified atom stereocenters. The molecular formula is C11H22N2O. The minimum Gasteiger partial charge on any atom is -0.366 e. The fourth-order valence-electron chi connectivity index (χ4n) is 1.64. The molecule has 0 aliphatic rings. The van der Waals surface area contributed by atoms with Gasteiger partial charge in [-0.15, -0.1) is 0 Å². The van der Waals surface area contributed by atoms with Gasteiger partial charge in [-0.25, -0.2) is 0 Å². The number of primary amides is 1. The molecule has 0 bridgehead atoms. The molecule has 0 heterocycles. The second-order valence-electron chi connectivity index (χ2n) is 3.49. The second-order valence-corrected chi connectivity index (χ2v) is 3.49. The van der Waals surface area contributed by atoms with E-state index in [1.54, 1.807) is 0 Å². The first kappa shape index (κ1) is 13.2. The van der Waals surface area contributed by atoms with E-state index in [4.69, 9.17) is 11.5 Å². The number of carbonyl (C=O) groups excluding carboxylic acids is 1. The molecule has 1 amide bonds. The molecule has 3 nitrogen and oxygen atoms in total. The highest BCUT2D eigenvalue weighted by Crippen LogP contribution is 2.18. The molecule has 82 valence electrons. The van der Waals surface area contributed by atoms with Gasteiger partial charge in [-0.05, 0) is 24.8 Å². The van der Waals surface area contributed by atoms with E-state index in [2.05, 4.69) is 0 Å². The Hall–Kier alpha value is -0.830. The molecule has 0 saturated heterocycles. The van der Waals surface area contributed by atoms with Gasteiger partial charge >= 0.3 is 0 Å². The van der Waals surface area contributed by atoms with Crippen molar-refractivity contribution >= 4 is 5.91 Å². The zero-order chi connectivity index (χ0) is 11.1. The highest BCUT2D eigenvalue weighted by atomic mass is 16.1. The lowest BCUT2D eigenvalue weighted by molar-refractivity contribution is -0.114. The lowest BCUT2D eigenvalue weighted by Crippen LogP contribution is -2.26. The SMILES string of the molecule is CCC/C(C(N)=O)=C(\CC)C(N)CC. The van der Waals surface area contributed by atoms with Crippen LogP contribution < -0.4 is 11.5 Å². The zero-order valence-corrected chi connectivity index (χ0v) is 9.47. The van der Waals surface area contributed by atoms with Gasteiger partial charge in [-0.3, -0.25) is 4.79 Å². The van der Waals surface area contributed by atoms with Crippen molar-refractivity contribution in [2.75, 3.05) is 0 Å². The Kier molecular flexibility index (Phi) is 6.21. The fourth-order valence-corrected chi connectivity index (χ4v) is 1.64. The van der Waals surface area contributed by atoms with Crippen LogP contribution in [0.1, 0.15) is 46.5 Å². The van der Waals surface area contributed by atoms with Crippen molar-refractivity contribution in [3.63, 3.8) is 0 Å². The summed E-state index contributed by atoms with van der Waals surface area (Å²) in [4.78, 5) is 11.2. The molecule has 4 N–H and O–H groups in total. The van der Waals surface area contributed by atoms with Crippen molar-refractivity contribution in [3.8, 4) is 0 Å². The van der Waals surface area contributed by atoms with Crippen LogP contribution in [0, 0.1) is 0 Å². The van der Waals surface area contributed by atoms with Crippen LogP contribution in [0.15, 0.2) is 11.1 Å². The smallest absolute Gasteiger partial charge is 0.244 e. The van der Waals surface area contributed by atoms with Crippen LogP contribution in [0.2, 0.25) is 0 Å². The number of nitrogens with two attached hydrogens (primary N) is 2. The van der Waals surface area contributed by atoms with Crippen LogP contribution >= 0.6 is 0 Å². The van der Waals surface area contributed by atoms with E-state index in [-0.39, 0.29) is 11.9 Å². The topological polar surface area (TPSA) is 69.1 Å². The molecule has 14 heavy (non-hydrogen) atoms. The average molecular weight is 198 g/mol. The summed E-state index contributed by atoms with van der Waals surface area (Å²) in [5.41, 5.74) is 13.0. The van der Waals surface area contributed by atoms with Gasteiger partial charge in [0, 0.05) is 11.6 Å². The summed E-state index contributed by atoms with van der Waals surface area (Å²) >= 11 is 0. The average Bonchev–Trinajstić information content (AvgIpc) is 2.16. The Morgan fingerprint density at radius 3 is 2.14 bits per heavy atom. The van der Waals surface area contributed by atoms with Gasteiger partial charge in [0.15, 0.2) is 0 Å². The molecule has 0 aliphatic heterocycles. The number of rotatable bonds is 6. The van der Waals surface area contributed by atoms with Crippen molar-refractivity contribution in [3.05, 3.63) is 11.1 Å². The maximum absolute atomic E-state index is 11.2. The summed E-state index contributed by atoms with van der Waals surface area (Å²) < 4.78 is 0. The largest absolute Gasteiger partial charge is 0.366 e. The third kappa shape index (κ3) is 3.50. The molecule has 0 aromatic rings. The molecule has 0 rings (SSSR count). The minimum absolute atomic E-state index is 0.0194. The molecule has 0 fully saturated rings. The second kappa shape index (κ2) is 6.60. The van der Waals surface area contributed by atoms with Gasteiger partial charge in [-0.2, -0.15) is 0 Å². The molecule has 0 spiro atoms. The van der Waals surface area contributed by atoms with Crippen LogP contribution in [-0.2, 0) is 4.79 Å². The molecule has 0 aromatic carbocycles. The molecule has 1 atom stereocenters. The van der Waals surface area contributed by atoms with Crippen LogP contribution in [0.25, 0.3) is 0 Å². The van der Waals surface area contributed by atoms with Gasteiger partial charge in [0.25, 0.3) is 0 Å². The normalized spacial score (nSPS) is 14.9.